The molecule has 11 heteroatoms. The smallest absolute Gasteiger partial charge is 0.350 e. The fourth-order valence-corrected chi connectivity index (χ4v) is 3.47. The molecule has 148 valence electrons. The van der Waals surface area contributed by atoms with Gasteiger partial charge < -0.3 is 20.5 Å². The molecule has 0 aliphatic carbocycles. The molecule has 1 aliphatic rings. The number of nitrogens with zero attached hydrogens (tertiary/aromatic N) is 3. The van der Waals surface area contributed by atoms with Gasteiger partial charge in [0.1, 0.15) is 17.2 Å². The fourth-order valence-electron chi connectivity index (χ4n) is 2.59. The second kappa shape index (κ2) is 7.80. The van der Waals surface area contributed by atoms with Crippen LogP contribution in [0.15, 0.2) is 12.1 Å². The van der Waals surface area contributed by atoms with Crippen LogP contribution in [0.4, 0.5) is 16.8 Å². The first-order valence-electron chi connectivity index (χ1n) is 8.49. The summed E-state index contributed by atoms with van der Waals surface area (Å²) in [5.74, 6) is -0.664. The molecule has 1 atom stereocenters. The van der Waals surface area contributed by atoms with Crippen LogP contribution in [0.3, 0.4) is 0 Å². The second-order valence-corrected chi connectivity index (χ2v) is 6.94. The minimum absolute atomic E-state index is 0.181. The summed E-state index contributed by atoms with van der Waals surface area (Å²) in [4.78, 5) is 46.6. The Morgan fingerprint density at radius 1 is 1.39 bits per heavy atom. The maximum Gasteiger partial charge on any atom is 0.350 e. The highest BCUT2D eigenvalue weighted by Crippen LogP contribution is 2.33. The van der Waals surface area contributed by atoms with E-state index in [1.54, 1.807) is 32.9 Å². The lowest BCUT2D eigenvalue weighted by atomic mass is 10.2. The first-order valence-corrected chi connectivity index (χ1v) is 9.30. The van der Waals surface area contributed by atoms with Crippen LogP contribution in [0, 0.1) is 6.92 Å². The number of pyridine rings is 1. The molecule has 10 nitrogen and oxygen atoms in total. The summed E-state index contributed by atoms with van der Waals surface area (Å²) in [6.45, 7) is 4.88. The first-order chi connectivity index (χ1) is 13.3. The van der Waals surface area contributed by atoms with Gasteiger partial charge in [0.2, 0.25) is 5.91 Å². The Balaban J connectivity index is 1.76. The molecule has 2 aromatic heterocycles. The van der Waals surface area contributed by atoms with Crippen molar-refractivity contribution in [2.75, 3.05) is 29.1 Å². The second-order valence-electron chi connectivity index (χ2n) is 5.94. The highest BCUT2D eigenvalue weighted by atomic mass is 32.1. The Morgan fingerprint density at radius 2 is 2.14 bits per heavy atom. The predicted octanol–water partition coefficient (Wildman–Crippen LogP) is 1.36. The number of esters is 1. The van der Waals surface area contributed by atoms with Gasteiger partial charge in [-0.1, -0.05) is 11.3 Å². The van der Waals surface area contributed by atoms with Crippen molar-refractivity contribution in [3.63, 3.8) is 0 Å². The number of rotatable bonds is 5. The van der Waals surface area contributed by atoms with E-state index in [1.807, 2.05) is 0 Å². The summed E-state index contributed by atoms with van der Waals surface area (Å²) < 4.78 is 10.5. The van der Waals surface area contributed by atoms with E-state index in [1.165, 1.54) is 4.90 Å². The Bertz CT molecular complexity index is 944. The number of anilines is 3. The van der Waals surface area contributed by atoms with Crippen LogP contribution < -0.4 is 20.7 Å². The van der Waals surface area contributed by atoms with Crippen LogP contribution in [0.2, 0.25) is 0 Å². The van der Waals surface area contributed by atoms with Gasteiger partial charge in [-0.2, -0.15) is 0 Å². The summed E-state index contributed by atoms with van der Waals surface area (Å²) in [5.41, 5.74) is 6.15. The number of nitrogens with one attached hydrogen (secondary N) is 1. The van der Waals surface area contributed by atoms with E-state index in [0.29, 0.717) is 16.3 Å². The van der Waals surface area contributed by atoms with Gasteiger partial charge in [-0.05, 0) is 32.9 Å². The van der Waals surface area contributed by atoms with Crippen LogP contribution in [-0.2, 0) is 14.3 Å². The molecule has 28 heavy (non-hydrogen) atoms. The number of carbonyl (C=O) groups is 3. The van der Waals surface area contributed by atoms with Gasteiger partial charge >= 0.3 is 5.97 Å². The Kier molecular flexibility index (Phi) is 5.45. The zero-order valence-electron chi connectivity index (χ0n) is 15.5. The number of amides is 2. The van der Waals surface area contributed by atoms with E-state index in [-0.39, 0.29) is 29.9 Å². The quantitative estimate of drug-likeness (QED) is 0.712. The van der Waals surface area contributed by atoms with E-state index in [4.69, 9.17) is 15.2 Å². The minimum Gasteiger partial charge on any atom is -0.477 e. The van der Waals surface area contributed by atoms with Gasteiger partial charge in [0.25, 0.3) is 5.91 Å². The van der Waals surface area contributed by atoms with Crippen molar-refractivity contribution >= 4 is 45.9 Å². The maximum atomic E-state index is 12.5. The normalized spacial score (nSPS) is 15.6. The lowest BCUT2D eigenvalue weighted by Crippen LogP contribution is -2.48. The van der Waals surface area contributed by atoms with Crippen molar-refractivity contribution in [1.29, 1.82) is 0 Å². The average Bonchev–Trinajstić information content (AvgIpc) is 3.00. The number of aromatic nitrogens is 2. The van der Waals surface area contributed by atoms with E-state index in [2.05, 4.69) is 15.3 Å². The number of hydrogen-bond donors (Lipinski definition) is 2. The summed E-state index contributed by atoms with van der Waals surface area (Å²) in [6.07, 6.45) is -0.761. The van der Waals surface area contributed by atoms with Crippen molar-refractivity contribution in [3.05, 3.63) is 22.7 Å². The number of thiazole rings is 1. The van der Waals surface area contributed by atoms with E-state index < -0.39 is 23.9 Å². The van der Waals surface area contributed by atoms with E-state index >= 15 is 0 Å². The highest BCUT2D eigenvalue weighted by Gasteiger charge is 2.34. The minimum atomic E-state index is -0.761. The Hall–Kier alpha value is -3.21. The van der Waals surface area contributed by atoms with Crippen LogP contribution in [0.5, 0.6) is 5.75 Å². The van der Waals surface area contributed by atoms with Crippen LogP contribution in [0.1, 0.15) is 29.2 Å². The molecule has 0 bridgehead atoms. The van der Waals surface area contributed by atoms with Crippen molar-refractivity contribution in [1.82, 2.24) is 9.97 Å². The van der Waals surface area contributed by atoms with Crippen LogP contribution in [0.25, 0.3) is 0 Å². The Morgan fingerprint density at radius 3 is 2.86 bits per heavy atom. The third-order valence-electron chi connectivity index (χ3n) is 3.84. The number of fused-ring (bicyclic) bond motifs is 1. The molecule has 3 heterocycles. The SMILES string of the molecule is CCOC(=O)c1sc(NC(=O)CN2C(=O)C(C)Oc3ccc(N)nc32)nc1C. The largest absolute Gasteiger partial charge is 0.477 e. The molecular formula is C17H19N5O5S. The van der Waals surface area contributed by atoms with Gasteiger partial charge in [0, 0.05) is 0 Å². The summed E-state index contributed by atoms with van der Waals surface area (Å²) in [7, 11) is 0. The summed E-state index contributed by atoms with van der Waals surface area (Å²) in [5, 5.41) is 2.83. The summed E-state index contributed by atoms with van der Waals surface area (Å²) >= 11 is 1.01. The van der Waals surface area contributed by atoms with Gasteiger partial charge in [0.05, 0.1) is 12.3 Å². The molecule has 3 N–H and O–H groups in total. The number of hydrogen-bond acceptors (Lipinski definition) is 9. The number of ether oxygens (including phenoxy) is 2. The number of carbonyl (C=O) groups excluding carboxylic acids is 3. The molecule has 3 rings (SSSR count). The molecule has 0 radical (unpaired) electrons. The van der Waals surface area contributed by atoms with E-state index in [0.717, 1.165) is 11.3 Å². The molecule has 0 spiro atoms. The van der Waals surface area contributed by atoms with Gasteiger partial charge in [0.15, 0.2) is 22.8 Å². The van der Waals surface area contributed by atoms with E-state index in [9.17, 15) is 14.4 Å². The van der Waals surface area contributed by atoms with Crippen molar-refractivity contribution in [3.8, 4) is 5.75 Å². The van der Waals surface area contributed by atoms with Gasteiger partial charge in [-0.25, -0.2) is 14.8 Å². The highest BCUT2D eigenvalue weighted by molar-refractivity contribution is 7.17. The molecule has 0 fully saturated rings. The van der Waals surface area contributed by atoms with Gasteiger partial charge in [-0.15, -0.1) is 0 Å². The fraction of sp³-hybridized carbons (Fsp3) is 0.353. The molecule has 2 amide bonds. The number of nitrogen functional groups attached to an aromatic ring is 1. The lowest BCUT2D eigenvalue weighted by molar-refractivity contribution is -0.127. The number of nitrogens with two attached hydrogens (primary N) is 1. The molecular weight excluding hydrogens is 386 g/mol. The molecule has 1 aliphatic heterocycles. The molecule has 1 unspecified atom stereocenters. The van der Waals surface area contributed by atoms with Crippen LogP contribution >= 0.6 is 11.3 Å². The molecule has 0 aromatic carbocycles. The Labute approximate surface area is 164 Å². The topological polar surface area (TPSA) is 137 Å². The lowest BCUT2D eigenvalue weighted by Gasteiger charge is -2.31. The third kappa shape index (κ3) is 3.88. The summed E-state index contributed by atoms with van der Waals surface area (Å²) in [6, 6.07) is 3.15. The third-order valence-corrected chi connectivity index (χ3v) is 4.89. The maximum absolute atomic E-state index is 12.5. The van der Waals surface area contributed by atoms with Crippen molar-refractivity contribution in [2.45, 2.75) is 26.9 Å². The number of aryl methyl sites for hydroxylation is 1. The van der Waals surface area contributed by atoms with Crippen molar-refractivity contribution < 1.29 is 23.9 Å². The molecule has 0 saturated heterocycles. The molecule has 0 saturated carbocycles. The zero-order chi connectivity index (χ0) is 20.4. The average molecular weight is 405 g/mol. The monoisotopic (exact) mass is 405 g/mol. The zero-order valence-corrected chi connectivity index (χ0v) is 16.3. The van der Waals surface area contributed by atoms with Crippen molar-refractivity contribution in [2.24, 2.45) is 0 Å². The molecule has 2 aromatic rings. The predicted molar refractivity (Wildman–Crippen MR) is 103 cm³/mol. The first kappa shape index (κ1) is 19.5. The van der Waals surface area contributed by atoms with Gasteiger partial charge in [-0.3, -0.25) is 14.5 Å². The standard InChI is InChI=1S/C17H19N5O5S/c1-4-26-16(25)13-8(2)19-17(28-13)21-12(23)7-22-14-10(5-6-11(18)20-14)27-9(3)15(22)24/h5-6,9H,4,7H2,1-3H3,(H2,18,20)(H,19,21,23). The van der Waals surface area contributed by atoms with Crippen LogP contribution in [-0.4, -0.2) is 47.0 Å².